The van der Waals surface area contributed by atoms with Crippen LogP contribution < -0.4 is 15.4 Å². The summed E-state index contributed by atoms with van der Waals surface area (Å²) in [6.07, 6.45) is 2.97. The molecular formula is C21H21ClN4O2. The third-order valence-corrected chi connectivity index (χ3v) is 4.61. The Balaban J connectivity index is 1.65. The van der Waals surface area contributed by atoms with Crippen LogP contribution in [0.5, 0.6) is 5.75 Å². The van der Waals surface area contributed by atoms with E-state index in [9.17, 15) is 4.79 Å². The van der Waals surface area contributed by atoms with E-state index in [1.807, 2.05) is 13.8 Å². The summed E-state index contributed by atoms with van der Waals surface area (Å²) < 4.78 is 5.27. The topological polar surface area (TPSA) is 76.1 Å². The van der Waals surface area contributed by atoms with Gasteiger partial charge in [0.1, 0.15) is 17.3 Å². The lowest BCUT2D eigenvalue weighted by atomic mass is 10.1. The number of ether oxygens (including phenoxy) is 1. The number of hydrogen-bond donors (Lipinski definition) is 2. The van der Waals surface area contributed by atoms with Crippen LogP contribution in [0.3, 0.4) is 0 Å². The van der Waals surface area contributed by atoms with E-state index in [4.69, 9.17) is 16.3 Å². The van der Waals surface area contributed by atoms with Gasteiger partial charge >= 0.3 is 0 Å². The first kappa shape index (κ1) is 19.6. The Kier molecular flexibility index (Phi) is 6.11. The highest BCUT2D eigenvalue weighted by molar-refractivity contribution is 6.31. The van der Waals surface area contributed by atoms with E-state index in [1.54, 1.807) is 12.1 Å². The number of halogens is 1. The van der Waals surface area contributed by atoms with Crippen LogP contribution >= 0.6 is 11.6 Å². The van der Waals surface area contributed by atoms with Gasteiger partial charge in [-0.2, -0.15) is 0 Å². The number of nitrogens with one attached hydrogen (secondary N) is 2. The van der Waals surface area contributed by atoms with E-state index in [0.29, 0.717) is 28.8 Å². The zero-order valence-electron chi connectivity index (χ0n) is 15.9. The molecule has 0 unspecified atom stereocenters. The predicted octanol–water partition coefficient (Wildman–Crippen LogP) is 4.62. The normalized spacial score (nSPS) is 10.4. The summed E-state index contributed by atoms with van der Waals surface area (Å²) in [5, 5.41) is 6.54. The molecule has 3 rings (SSSR count). The SMILES string of the molecule is COc1cc(Cl)c(C)cc1NC(=O)c1cnc(NCc2ccc(C)cc2)cn1. The van der Waals surface area contributed by atoms with Crippen LogP contribution in [0.2, 0.25) is 5.02 Å². The van der Waals surface area contributed by atoms with Crippen LogP contribution in [0.25, 0.3) is 0 Å². The molecule has 2 aromatic carbocycles. The average Bonchev–Trinajstić information content (AvgIpc) is 2.70. The lowest BCUT2D eigenvalue weighted by molar-refractivity contribution is 0.102. The maximum absolute atomic E-state index is 12.5. The summed E-state index contributed by atoms with van der Waals surface area (Å²) in [4.78, 5) is 20.9. The first-order valence-corrected chi connectivity index (χ1v) is 9.11. The van der Waals surface area contributed by atoms with Crippen molar-refractivity contribution in [1.82, 2.24) is 9.97 Å². The summed E-state index contributed by atoms with van der Waals surface area (Å²) in [6, 6.07) is 11.6. The fourth-order valence-corrected chi connectivity index (χ4v) is 2.70. The summed E-state index contributed by atoms with van der Waals surface area (Å²) in [5.74, 6) is 0.697. The van der Waals surface area contributed by atoms with Gasteiger partial charge in [0.15, 0.2) is 0 Å². The number of amides is 1. The molecule has 0 aliphatic carbocycles. The Bertz CT molecular complexity index is 973. The molecule has 0 saturated carbocycles. The van der Waals surface area contributed by atoms with Crippen LogP contribution in [-0.2, 0) is 6.54 Å². The van der Waals surface area contributed by atoms with Gasteiger partial charge in [-0.15, -0.1) is 0 Å². The van der Waals surface area contributed by atoms with Gasteiger partial charge in [0, 0.05) is 17.6 Å². The number of aryl methyl sites for hydroxylation is 2. The second-order valence-electron chi connectivity index (χ2n) is 6.38. The molecule has 0 bridgehead atoms. The van der Waals surface area contributed by atoms with Gasteiger partial charge < -0.3 is 15.4 Å². The fraction of sp³-hybridized carbons (Fsp3) is 0.190. The van der Waals surface area contributed by atoms with Crippen molar-refractivity contribution in [3.05, 3.63) is 76.2 Å². The van der Waals surface area contributed by atoms with Crippen molar-refractivity contribution in [2.24, 2.45) is 0 Å². The number of anilines is 2. The van der Waals surface area contributed by atoms with Gasteiger partial charge in [0.2, 0.25) is 0 Å². The first-order valence-electron chi connectivity index (χ1n) is 8.73. The third-order valence-electron chi connectivity index (χ3n) is 4.21. The molecule has 6 nitrogen and oxygen atoms in total. The van der Waals surface area contributed by atoms with Crippen LogP contribution in [0.1, 0.15) is 27.2 Å². The summed E-state index contributed by atoms with van der Waals surface area (Å²) >= 11 is 6.10. The number of aromatic nitrogens is 2. The smallest absolute Gasteiger partial charge is 0.275 e. The molecule has 3 aromatic rings. The lowest BCUT2D eigenvalue weighted by Crippen LogP contribution is -2.15. The maximum atomic E-state index is 12.5. The Labute approximate surface area is 168 Å². The van der Waals surface area contributed by atoms with Crippen molar-refractivity contribution in [1.29, 1.82) is 0 Å². The summed E-state index contributed by atoms with van der Waals surface area (Å²) in [7, 11) is 1.52. The molecule has 0 aliphatic heterocycles. The number of carbonyl (C=O) groups is 1. The van der Waals surface area contributed by atoms with Crippen molar-refractivity contribution in [3.8, 4) is 5.75 Å². The van der Waals surface area contributed by atoms with Crippen molar-refractivity contribution in [2.75, 3.05) is 17.7 Å². The summed E-state index contributed by atoms with van der Waals surface area (Å²) in [6.45, 7) is 4.53. The maximum Gasteiger partial charge on any atom is 0.275 e. The number of benzene rings is 2. The van der Waals surface area contributed by atoms with Crippen molar-refractivity contribution in [2.45, 2.75) is 20.4 Å². The molecular weight excluding hydrogens is 376 g/mol. The molecule has 0 aliphatic rings. The van der Waals surface area contributed by atoms with E-state index >= 15 is 0 Å². The Hall–Kier alpha value is -3.12. The molecule has 144 valence electrons. The van der Waals surface area contributed by atoms with E-state index < -0.39 is 0 Å². The van der Waals surface area contributed by atoms with Gasteiger partial charge in [-0.3, -0.25) is 4.79 Å². The number of hydrogen-bond acceptors (Lipinski definition) is 5. The highest BCUT2D eigenvalue weighted by atomic mass is 35.5. The zero-order chi connectivity index (χ0) is 20.1. The molecule has 2 N–H and O–H groups in total. The van der Waals surface area contributed by atoms with E-state index in [-0.39, 0.29) is 11.6 Å². The van der Waals surface area contributed by atoms with Crippen molar-refractivity contribution in [3.63, 3.8) is 0 Å². The van der Waals surface area contributed by atoms with Gasteiger partial charge in [-0.1, -0.05) is 41.4 Å². The molecule has 0 fully saturated rings. The number of nitrogens with zero attached hydrogens (tertiary/aromatic N) is 2. The second kappa shape index (κ2) is 8.71. The van der Waals surface area contributed by atoms with Gasteiger partial charge in [-0.05, 0) is 31.0 Å². The van der Waals surface area contributed by atoms with Gasteiger partial charge in [0.25, 0.3) is 5.91 Å². The molecule has 1 amide bonds. The van der Waals surface area contributed by atoms with E-state index in [2.05, 4.69) is 44.9 Å². The Morgan fingerprint density at radius 3 is 2.50 bits per heavy atom. The molecule has 7 heteroatoms. The molecule has 1 aromatic heterocycles. The minimum absolute atomic E-state index is 0.204. The van der Waals surface area contributed by atoms with Gasteiger partial charge in [0.05, 0.1) is 25.2 Å². The minimum atomic E-state index is -0.377. The van der Waals surface area contributed by atoms with E-state index in [1.165, 1.54) is 25.1 Å². The highest BCUT2D eigenvalue weighted by Gasteiger charge is 2.13. The van der Waals surface area contributed by atoms with E-state index in [0.717, 1.165) is 11.1 Å². The molecule has 0 saturated heterocycles. The average molecular weight is 397 g/mol. The predicted molar refractivity (Wildman–Crippen MR) is 111 cm³/mol. The van der Waals surface area contributed by atoms with Crippen LogP contribution in [-0.4, -0.2) is 23.0 Å². The van der Waals surface area contributed by atoms with Crippen molar-refractivity contribution >= 4 is 29.0 Å². The van der Waals surface area contributed by atoms with Crippen LogP contribution in [0.15, 0.2) is 48.8 Å². The largest absolute Gasteiger partial charge is 0.495 e. The number of methoxy groups -OCH3 is 1. The molecule has 0 spiro atoms. The summed E-state index contributed by atoms with van der Waals surface area (Å²) in [5.41, 5.74) is 3.92. The number of rotatable bonds is 6. The second-order valence-corrected chi connectivity index (χ2v) is 6.79. The molecule has 0 atom stereocenters. The van der Waals surface area contributed by atoms with Crippen molar-refractivity contribution < 1.29 is 9.53 Å². The molecule has 1 heterocycles. The number of carbonyl (C=O) groups excluding carboxylic acids is 1. The van der Waals surface area contributed by atoms with Crippen LogP contribution in [0, 0.1) is 13.8 Å². The Morgan fingerprint density at radius 1 is 1.11 bits per heavy atom. The zero-order valence-corrected chi connectivity index (χ0v) is 16.7. The molecule has 0 radical (unpaired) electrons. The molecule has 28 heavy (non-hydrogen) atoms. The van der Waals surface area contributed by atoms with Crippen LogP contribution in [0.4, 0.5) is 11.5 Å². The first-order chi connectivity index (χ1) is 13.5. The Morgan fingerprint density at radius 2 is 1.86 bits per heavy atom. The monoisotopic (exact) mass is 396 g/mol. The quantitative estimate of drug-likeness (QED) is 0.635. The highest BCUT2D eigenvalue weighted by Crippen LogP contribution is 2.31. The third kappa shape index (κ3) is 4.78. The van der Waals surface area contributed by atoms with Gasteiger partial charge in [-0.25, -0.2) is 9.97 Å². The fourth-order valence-electron chi connectivity index (χ4n) is 2.55. The standard InChI is InChI=1S/C21H21ClN4O2/c1-13-4-6-15(7-5-13)10-24-20-12-23-18(11-25-20)21(27)26-17-8-14(2)16(22)9-19(17)28-3/h4-9,11-12H,10H2,1-3H3,(H,24,25)(H,26,27). The lowest BCUT2D eigenvalue weighted by Gasteiger charge is -2.12. The minimum Gasteiger partial charge on any atom is -0.495 e.